The van der Waals surface area contributed by atoms with Crippen LogP contribution < -0.4 is 16.0 Å². The lowest BCUT2D eigenvalue weighted by molar-refractivity contribution is -0.114. The highest BCUT2D eigenvalue weighted by molar-refractivity contribution is 8.00. The number of rotatable bonds is 9. The van der Waals surface area contributed by atoms with Crippen molar-refractivity contribution < 1.29 is 14.4 Å². The Hall–Kier alpha value is -4.04. The van der Waals surface area contributed by atoms with E-state index in [1.807, 2.05) is 37.3 Å². The highest BCUT2D eigenvalue weighted by Gasteiger charge is 2.17. The van der Waals surface area contributed by atoms with Gasteiger partial charge in [0.1, 0.15) is 5.70 Å². The number of hydrogen-bond donors (Lipinski definition) is 3. The molecule has 3 N–H and O–H groups in total. The minimum Gasteiger partial charge on any atom is -0.325 e. The summed E-state index contributed by atoms with van der Waals surface area (Å²) in [5.74, 6) is -0.988. The summed E-state index contributed by atoms with van der Waals surface area (Å²) in [6, 6.07) is 28.2. The molecule has 4 aromatic carbocycles. The third-order valence-corrected chi connectivity index (χ3v) is 7.23. The van der Waals surface area contributed by atoms with Gasteiger partial charge in [0.05, 0.1) is 5.75 Å². The van der Waals surface area contributed by atoms with E-state index in [-0.39, 0.29) is 17.4 Å². The van der Waals surface area contributed by atoms with Crippen molar-refractivity contribution in [2.24, 2.45) is 0 Å². The number of amides is 3. The largest absolute Gasteiger partial charge is 0.325 e. The van der Waals surface area contributed by atoms with E-state index in [0.29, 0.717) is 26.9 Å². The predicted molar refractivity (Wildman–Crippen MR) is 164 cm³/mol. The maximum atomic E-state index is 13.4. The second kappa shape index (κ2) is 13.8. The van der Waals surface area contributed by atoms with Crippen LogP contribution in [0.2, 0.25) is 10.0 Å². The fraction of sp³-hybridized carbons (Fsp3) is 0.0645. The molecule has 0 aliphatic heterocycles. The minimum absolute atomic E-state index is 0.0422. The quantitative estimate of drug-likeness (QED) is 0.140. The van der Waals surface area contributed by atoms with Gasteiger partial charge in [-0.05, 0) is 73.2 Å². The Labute approximate surface area is 246 Å². The Bertz CT molecular complexity index is 1560. The minimum atomic E-state index is -0.570. The van der Waals surface area contributed by atoms with E-state index >= 15 is 0 Å². The van der Waals surface area contributed by atoms with Crippen LogP contribution in [0.5, 0.6) is 0 Å². The molecule has 0 saturated heterocycles. The molecule has 4 aromatic rings. The molecule has 202 valence electrons. The zero-order chi connectivity index (χ0) is 28.5. The Morgan fingerprint density at radius 1 is 0.775 bits per heavy atom. The van der Waals surface area contributed by atoms with E-state index in [4.69, 9.17) is 23.2 Å². The maximum Gasteiger partial charge on any atom is 0.272 e. The third-order valence-electron chi connectivity index (χ3n) is 5.58. The standard InChI is InChI=1S/C31H25Cl2N3O3S/c1-20-8-5-11-22(16-20)34-29(37)19-40-24-13-6-12-23(17-24)35-31(39)28(18-25-26(32)14-7-15-27(25)33)36-30(38)21-9-3-2-4-10-21/h2-18H,19H2,1H3,(H,34,37)(H,35,39)(H,36,38)/b28-18+. The first-order valence-electron chi connectivity index (χ1n) is 12.2. The first-order chi connectivity index (χ1) is 19.3. The molecule has 3 amide bonds. The average Bonchev–Trinajstić information content (AvgIpc) is 2.94. The molecular formula is C31H25Cl2N3O3S. The third kappa shape index (κ3) is 8.23. The fourth-order valence-electron chi connectivity index (χ4n) is 3.67. The number of halogens is 2. The van der Waals surface area contributed by atoms with Crippen LogP contribution >= 0.6 is 35.0 Å². The molecular weight excluding hydrogens is 565 g/mol. The van der Waals surface area contributed by atoms with Crippen molar-refractivity contribution in [2.75, 3.05) is 16.4 Å². The van der Waals surface area contributed by atoms with Crippen LogP contribution in [0.4, 0.5) is 11.4 Å². The van der Waals surface area contributed by atoms with Crippen molar-refractivity contribution in [1.82, 2.24) is 5.32 Å². The Morgan fingerprint density at radius 3 is 2.12 bits per heavy atom. The topological polar surface area (TPSA) is 87.3 Å². The van der Waals surface area contributed by atoms with Crippen LogP contribution in [0.15, 0.2) is 108 Å². The first kappa shape index (κ1) is 29.0. The summed E-state index contributed by atoms with van der Waals surface area (Å²) in [6.07, 6.45) is 1.44. The number of carbonyl (C=O) groups is 3. The maximum absolute atomic E-state index is 13.4. The zero-order valence-corrected chi connectivity index (χ0v) is 23.7. The fourth-order valence-corrected chi connectivity index (χ4v) is 4.93. The van der Waals surface area contributed by atoms with E-state index in [1.165, 1.54) is 17.8 Å². The van der Waals surface area contributed by atoms with Gasteiger partial charge < -0.3 is 16.0 Å². The molecule has 0 unspecified atom stereocenters. The molecule has 0 atom stereocenters. The molecule has 4 rings (SSSR count). The van der Waals surface area contributed by atoms with Crippen molar-refractivity contribution >= 4 is 70.1 Å². The zero-order valence-electron chi connectivity index (χ0n) is 21.4. The lowest BCUT2D eigenvalue weighted by atomic mass is 10.1. The first-order valence-corrected chi connectivity index (χ1v) is 14.0. The van der Waals surface area contributed by atoms with E-state index < -0.39 is 11.8 Å². The van der Waals surface area contributed by atoms with Gasteiger partial charge in [-0.1, -0.05) is 65.7 Å². The molecule has 0 heterocycles. The van der Waals surface area contributed by atoms with Gasteiger partial charge in [0.25, 0.3) is 11.8 Å². The lowest BCUT2D eigenvalue weighted by Crippen LogP contribution is -2.30. The van der Waals surface area contributed by atoms with Crippen molar-refractivity contribution in [1.29, 1.82) is 0 Å². The summed E-state index contributed by atoms with van der Waals surface area (Å²) in [4.78, 5) is 39.5. The van der Waals surface area contributed by atoms with Gasteiger partial charge in [-0.15, -0.1) is 11.8 Å². The summed E-state index contributed by atoms with van der Waals surface area (Å²) in [6.45, 7) is 1.96. The van der Waals surface area contributed by atoms with E-state index in [9.17, 15) is 14.4 Å². The van der Waals surface area contributed by atoms with Gasteiger partial charge in [-0.3, -0.25) is 14.4 Å². The van der Waals surface area contributed by atoms with Crippen molar-refractivity contribution in [3.63, 3.8) is 0 Å². The van der Waals surface area contributed by atoms with Crippen LogP contribution in [0.3, 0.4) is 0 Å². The van der Waals surface area contributed by atoms with Crippen LogP contribution in [-0.2, 0) is 9.59 Å². The summed E-state index contributed by atoms with van der Waals surface area (Å²) in [5.41, 5.74) is 3.02. The number of benzene rings is 4. The number of anilines is 2. The molecule has 0 fully saturated rings. The summed E-state index contributed by atoms with van der Waals surface area (Å²) < 4.78 is 0. The summed E-state index contributed by atoms with van der Waals surface area (Å²) in [7, 11) is 0. The van der Waals surface area contributed by atoms with Gasteiger partial charge in [0.15, 0.2) is 0 Å². The normalized spacial score (nSPS) is 11.0. The smallest absolute Gasteiger partial charge is 0.272 e. The molecule has 0 bridgehead atoms. The van der Waals surface area contributed by atoms with Crippen LogP contribution in [-0.4, -0.2) is 23.5 Å². The summed E-state index contributed by atoms with van der Waals surface area (Å²) in [5, 5.41) is 9.02. The van der Waals surface area contributed by atoms with E-state index in [0.717, 1.165) is 16.1 Å². The van der Waals surface area contributed by atoms with Gasteiger partial charge in [-0.2, -0.15) is 0 Å². The molecule has 0 aromatic heterocycles. The Balaban J connectivity index is 1.48. The Kier molecular flexibility index (Phi) is 10.0. The average molecular weight is 591 g/mol. The van der Waals surface area contributed by atoms with Crippen LogP contribution in [0, 0.1) is 6.92 Å². The monoisotopic (exact) mass is 589 g/mol. The van der Waals surface area contributed by atoms with Gasteiger partial charge in [-0.25, -0.2) is 0 Å². The molecule has 0 saturated carbocycles. The van der Waals surface area contributed by atoms with Gasteiger partial charge >= 0.3 is 0 Å². The number of hydrogen-bond acceptors (Lipinski definition) is 4. The number of thioether (sulfide) groups is 1. The molecule has 0 aliphatic rings. The van der Waals surface area contributed by atoms with Gasteiger partial charge in [0.2, 0.25) is 5.91 Å². The van der Waals surface area contributed by atoms with Crippen molar-refractivity contribution in [2.45, 2.75) is 11.8 Å². The van der Waals surface area contributed by atoms with Crippen molar-refractivity contribution in [3.8, 4) is 0 Å². The summed E-state index contributed by atoms with van der Waals surface area (Å²) >= 11 is 14.0. The molecule has 0 aliphatic carbocycles. The number of aryl methyl sites for hydroxylation is 1. The van der Waals surface area contributed by atoms with Crippen molar-refractivity contribution in [3.05, 3.63) is 129 Å². The molecule has 0 spiro atoms. The number of nitrogens with one attached hydrogen (secondary N) is 3. The lowest BCUT2D eigenvalue weighted by Gasteiger charge is -2.13. The highest BCUT2D eigenvalue weighted by Crippen LogP contribution is 2.27. The SMILES string of the molecule is Cc1cccc(NC(=O)CSc2cccc(NC(=O)/C(=C\c3c(Cl)cccc3Cl)NC(=O)c3ccccc3)c2)c1. The highest BCUT2D eigenvalue weighted by atomic mass is 35.5. The Morgan fingerprint density at radius 2 is 1.43 bits per heavy atom. The predicted octanol–water partition coefficient (Wildman–Crippen LogP) is 7.44. The second-order valence-corrected chi connectivity index (χ2v) is 10.6. The molecule has 40 heavy (non-hydrogen) atoms. The van der Waals surface area contributed by atoms with Crippen LogP contribution in [0.25, 0.3) is 6.08 Å². The van der Waals surface area contributed by atoms with Gasteiger partial charge in [0, 0.05) is 37.4 Å². The van der Waals surface area contributed by atoms with Crippen LogP contribution in [0.1, 0.15) is 21.5 Å². The van der Waals surface area contributed by atoms with E-state index in [1.54, 1.807) is 66.7 Å². The number of carbonyl (C=O) groups excluding carboxylic acids is 3. The second-order valence-electron chi connectivity index (χ2n) is 8.70. The molecule has 6 nitrogen and oxygen atoms in total. The molecule has 0 radical (unpaired) electrons. The van der Waals surface area contributed by atoms with E-state index in [2.05, 4.69) is 16.0 Å². The molecule has 9 heteroatoms.